The number of carbonyl (C=O) groups is 1. The molecule has 0 spiro atoms. The van der Waals surface area contributed by atoms with Crippen LogP contribution in [0.3, 0.4) is 0 Å². The first-order valence-electron chi connectivity index (χ1n) is 8.76. The van der Waals surface area contributed by atoms with E-state index >= 15 is 0 Å². The molecule has 25 heavy (non-hydrogen) atoms. The summed E-state index contributed by atoms with van der Waals surface area (Å²) in [6.45, 7) is 4.42. The van der Waals surface area contributed by atoms with Gasteiger partial charge in [0.05, 0.1) is 18.6 Å². The number of pyridine rings is 1. The van der Waals surface area contributed by atoms with Gasteiger partial charge in [0, 0.05) is 49.4 Å². The van der Waals surface area contributed by atoms with Crippen LogP contribution in [0.15, 0.2) is 42.0 Å². The maximum absolute atomic E-state index is 12.9. The highest BCUT2D eigenvalue weighted by molar-refractivity contribution is 7.09. The highest BCUT2D eigenvalue weighted by Gasteiger charge is 2.55. The summed E-state index contributed by atoms with van der Waals surface area (Å²) in [5.41, 5.74) is 0.800. The SMILES string of the molecule is O=C(NCCc1cccs1)[C@@]12COC[C@@H]1CN(Cc1cccnc1)C2. The molecule has 0 aromatic carbocycles. The molecule has 132 valence electrons. The van der Waals surface area contributed by atoms with E-state index in [1.807, 2.05) is 12.3 Å². The number of hydrogen-bond donors (Lipinski definition) is 1. The summed E-state index contributed by atoms with van der Waals surface area (Å²) in [4.78, 5) is 20.8. The molecule has 5 nitrogen and oxygen atoms in total. The molecule has 2 aliphatic rings. The number of likely N-dealkylation sites (tertiary alicyclic amines) is 1. The van der Waals surface area contributed by atoms with Crippen molar-refractivity contribution in [1.29, 1.82) is 0 Å². The van der Waals surface area contributed by atoms with Crippen molar-refractivity contribution in [2.45, 2.75) is 13.0 Å². The van der Waals surface area contributed by atoms with Crippen LogP contribution in [0, 0.1) is 11.3 Å². The molecule has 6 heteroatoms. The Morgan fingerprint density at radius 2 is 2.40 bits per heavy atom. The van der Waals surface area contributed by atoms with Crippen molar-refractivity contribution in [1.82, 2.24) is 15.2 Å². The molecule has 2 fully saturated rings. The van der Waals surface area contributed by atoms with Gasteiger partial charge < -0.3 is 10.1 Å². The fourth-order valence-electron chi connectivity index (χ4n) is 3.96. The first-order chi connectivity index (χ1) is 12.3. The monoisotopic (exact) mass is 357 g/mol. The summed E-state index contributed by atoms with van der Waals surface area (Å²) in [5.74, 6) is 0.436. The zero-order valence-electron chi connectivity index (χ0n) is 14.2. The molecule has 4 heterocycles. The van der Waals surface area contributed by atoms with Crippen LogP contribution < -0.4 is 5.32 Å². The summed E-state index contributed by atoms with van der Waals surface area (Å²) < 4.78 is 5.69. The molecule has 0 aliphatic carbocycles. The first-order valence-corrected chi connectivity index (χ1v) is 9.64. The van der Waals surface area contributed by atoms with Crippen LogP contribution in [-0.2, 0) is 22.5 Å². The van der Waals surface area contributed by atoms with Gasteiger partial charge >= 0.3 is 0 Å². The molecule has 2 aromatic heterocycles. The molecule has 1 amide bonds. The quantitative estimate of drug-likeness (QED) is 0.859. The lowest BCUT2D eigenvalue weighted by Crippen LogP contribution is -2.47. The van der Waals surface area contributed by atoms with Crippen LogP contribution in [0.2, 0.25) is 0 Å². The molecule has 2 atom stereocenters. The van der Waals surface area contributed by atoms with Crippen molar-refractivity contribution in [2.75, 3.05) is 32.8 Å². The highest BCUT2D eigenvalue weighted by atomic mass is 32.1. The number of hydrogen-bond acceptors (Lipinski definition) is 5. The second-order valence-electron chi connectivity index (χ2n) is 6.98. The number of amides is 1. The number of nitrogens with one attached hydrogen (secondary N) is 1. The smallest absolute Gasteiger partial charge is 0.230 e. The molecule has 2 aliphatic heterocycles. The predicted octanol–water partition coefficient (Wildman–Crippen LogP) is 1.95. The number of thiophene rings is 1. The van der Waals surface area contributed by atoms with Crippen molar-refractivity contribution in [3.05, 3.63) is 52.5 Å². The number of rotatable bonds is 6. The molecular weight excluding hydrogens is 334 g/mol. The maximum atomic E-state index is 12.9. The third-order valence-electron chi connectivity index (χ3n) is 5.26. The Hall–Kier alpha value is -1.76. The van der Waals surface area contributed by atoms with Crippen LogP contribution in [0.25, 0.3) is 0 Å². The number of ether oxygens (including phenoxy) is 1. The predicted molar refractivity (Wildman–Crippen MR) is 97.3 cm³/mol. The van der Waals surface area contributed by atoms with Crippen LogP contribution in [0.1, 0.15) is 10.4 Å². The van der Waals surface area contributed by atoms with Crippen molar-refractivity contribution in [2.24, 2.45) is 11.3 Å². The molecule has 2 saturated heterocycles. The third kappa shape index (κ3) is 3.47. The number of aromatic nitrogens is 1. The van der Waals surface area contributed by atoms with Gasteiger partial charge in [-0.3, -0.25) is 14.7 Å². The third-order valence-corrected chi connectivity index (χ3v) is 6.20. The minimum Gasteiger partial charge on any atom is -0.380 e. The van der Waals surface area contributed by atoms with E-state index in [0.29, 0.717) is 19.8 Å². The zero-order chi connectivity index (χ0) is 17.1. The number of fused-ring (bicyclic) bond motifs is 1. The zero-order valence-corrected chi connectivity index (χ0v) is 15.0. The second-order valence-corrected chi connectivity index (χ2v) is 8.02. The largest absolute Gasteiger partial charge is 0.380 e. The summed E-state index contributed by atoms with van der Waals surface area (Å²) in [5, 5.41) is 5.23. The van der Waals surface area contributed by atoms with Crippen LogP contribution >= 0.6 is 11.3 Å². The Morgan fingerprint density at radius 1 is 1.44 bits per heavy atom. The van der Waals surface area contributed by atoms with Gasteiger partial charge in [-0.1, -0.05) is 12.1 Å². The van der Waals surface area contributed by atoms with Gasteiger partial charge in [-0.25, -0.2) is 0 Å². The Kier molecular flexibility index (Phi) is 4.83. The van der Waals surface area contributed by atoms with Crippen LogP contribution in [-0.4, -0.2) is 48.6 Å². The summed E-state index contributed by atoms with van der Waals surface area (Å²) in [7, 11) is 0. The Bertz CT molecular complexity index is 707. The average molecular weight is 357 g/mol. The van der Waals surface area contributed by atoms with Gasteiger partial charge in [0.25, 0.3) is 0 Å². The van der Waals surface area contributed by atoms with E-state index in [2.05, 4.69) is 38.8 Å². The molecule has 0 saturated carbocycles. The maximum Gasteiger partial charge on any atom is 0.230 e. The van der Waals surface area contributed by atoms with E-state index < -0.39 is 5.41 Å². The summed E-state index contributed by atoms with van der Waals surface area (Å²) in [6.07, 6.45) is 4.58. The lowest BCUT2D eigenvalue weighted by molar-refractivity contribution is -0.131. The van der Waals surface area contributed by atoms with Crippen LogP contribution in [0.5, 0.6) is 0 Å². The van der Waals surface area contributed by atoms with E-state index in [-0.39, 0.29) is 11.8 Å². The number of nitrogens with zero attached hydrogens (tertiary/aromatic N) is 2. The van der Waals surface area contributed by atoms with E-state index in [1.54, 1.807) is 17.5 Å². The summed E-state index contributed by atoms with van der Waals surface area (Å²) in [6, 6.07) is 8.21. The standard InChI is InChI=1S/C19H23N3O2S/c23-18(21-7-5-17-4-2-8-25-17)19-13-22(11-16(19)12-24-14-19)10-15-3-1-6-20-9-15/h1-4,6,8-9,16H,5,7,10-14H2,(H,21,23)/t16-,19-/m0/s1. The molecule has 1 N–H and O–H groups in total. The second kappa shape index (κ2) is 7.23. The van der Waals surface area contributed by atoms with Gasteiger partial charge in [0.15, 0.2) is 0 Å². The fraction of sp³-hybridized carbons (Fsp3) is 0.474. The van der Waals surface area contributed by atoms with Gasteiger partial charge in [0.2, 0.25) is 5.91 Å². The van der Waals surface area contributed by atoms with E-state index in [4.69, 9.17) is 4.74 Å². The minimum atomic E-state index is -0.391. The van der Waals surface area contributed by atoms with Crippen molar-refractivity contribution in [3.63, 3.8) is 0 Å². The molecule has 0 unspecified atom stereocenters. The Labute approximate surface area is 152 Å². The lowest BCUT2D eigenvalue weighted by Gasteiger charge is -2.26. The van der Waals surface area contributed by atoms with Crippen molar-refractivity contribution >= 4 is 17.2 Å². The first kappa shape index (κ1) is 16.7. The topological polar surface area (TPSA) is 54.5 Å². The normalized spacial score (nSPS) is 25.8. The fourth-order valence-corrected chi connectivity index (χ4v) is 4.67. The van der Waals surface area contributed by atoms with Crippen molar-refractivity contribution < 1.29 is 9.53 Å². The Morgan fingerprint density at radius 3 is 3.20 bits per heavy atom. The van der Waals surface area contributed by atoms with Gasteiger partial charge in [-0.15, -0.1) is 11.3 Å². The van der Waals surface area contributed by atoms with Gasteiger partial charge in [0.1, 0.15) is 0 Å². The highest BCUT2D eigenvalue weighted by Crippen LogP contribution is 2.42. The van der Waals surface area contributed by atoms with E-state index in [9.17, 15) is 4.79 Å². The van der Waals surface area contributed by atoms with Crippen molar-refractivity contribution in [3.8, 4) is 0 Å². The van der Waals surface area contributed by atoms with Crippen LogP contribution in [0.4, 0.5) is 0 Å². The minimum absolute atomic E-state index is 0.153. The number of carbonyl (C=O) groups excluding carboxylic acids is 1. The molecule has 0 radical (unpaired) electrons. The van der Waals surface area contributed by atoms with Gasteiger partial charge in [-0.2, -0.15) is 0 Å². The van der Waals surface area contributed by atoms with Gasteiger partial charge in [-0.05, 0) is 29.5 Å². The Balaban J connectivity index is 1.37. The molecule has 0 bridgehead atoms. The molecular formula is C19H23N3O2S. The summed E-state index contributed by atoms with van der Waals surface area (Å²) >= 11 is 1.74. The lowest BCUT2D eigenvalue weighted by atomic mass is 9.80. The van der Waals surface area contributed by atoms with E-state index in [1.165, 1.54) is 10.4 Å². The molecule has 4 rings (SSSR count). The van der Waals surface area contributed by atoms with E-state index in [0.717, 1.165) is 26.1 Å². The molecule has 2 aromatic rings. The average Bonchev–Trinajstić information content (AvgIpc) is 3.32.